The number of amides is 3. The summed E-state index contributed by atoms with van der Waals surface area (Å²) < 4.78 is 0.993. The molecule has 3 amide bonds. The van der Waals surface area contributed by atoms with E-state index in [1.807, 2.05) is 42.5 Å². The minimum atomic E-state index is -0.657. The van der Waals surface area contributed by atoms with E-state index in [1.165, 1.54) is 0 Å². The minimum Gasteiger partial charge on any atom is -0.345 e. The molecule has 0 spiro atoms. The van der Waals surface area contributed by atoms with E-state index in [0.717, 1.165) is 41.3 Å². The molecule has 2 aromatic rings. The van der Waals surface area contributed by atoms with Crippen LogP contribution in [0.4, 0.5) is 0 Å². The number of hydrogen-bond acceptors (Lipinski definition) is 3. The lowest BCUT2D eigenvalue weighted by Gasteiger charge is -2.24. The zero-order valence-corrected chi connectivity index (χ0v) is 17.9. The summed E-state index contributed by atoms with van der Waals surface area (Å²) >= 11 is 3.43. The van der Waals surface area contributed by atoms with Gasteiger partial charge in [-0.25, -0.2) is 0 Å². The number of carbonyl (C=O) groups excluding carboxylic acids is 3. The van der Waals surface area contributed by atoms with Crippen LogP contribution in [0.25, 0.3) is 0 Å². The van der Waals surface area contributed by atoms with Gasteiger partial charge in [-0.05, 0) is 55.0 Å². The van der Waals surface area contributed by atoms with Crippen LogP contribution in [0.2, 0.25) is 0 Å². The van der Waals surface area contributed by atoms with Gasteiger partial charge in [-0.15, -0.1) is 0 Å². The fourth-order valence-electron chi connectivity index (χ4n) is 4.29. The van der Waals surface area contributed by atoms with Crippen LogP contribution in [0.5, 0.6) is 0 Å². The van der Waals surface area contributed by atoms with Gasteiger partial charge in [0.1, 0.15) is 6.04 Å². The lowest BCUT2D eigenvalue weighted by atomic mass is 10.0. The van der Waals surface area contributed by atoms with E-state index in [9.17, 15) is 14.4 Å². The Hall–Kier alpha value is -2.67. The number of benzene rings is 2. The van der Waals surface area contributed by atoms with E-state index in [1.54, 1.807) is 11.0 Å². The predicted molar refractivity (Wildman–Crippen MR) is 115 cm³/mol. The van der Waals surface area contributed by atoms with Crippen molar-refractivity contribution >= 4 is 33.7 Å². The molecule has 0 bridgehead atoms. The van der Waals surface area contributed by atoms with Crippen molar-refractivity contribution in [1.29, 1.82) is 0 Å². The molecule has 30 heavy (non-hydrogen) atoms. The third kappa shape index (κ3) is 3.41. The Morgan fingerprint density at radius 3 is 2.43 bits per heavy atom. The summed E-state index contributed by atoms with van der Waals surface area (Å²) in [5, 5.41) is 5.83. The fraction of sp³-hybridized carbons (Fsp3) is 0.348. The summed E-state index contributed by atoms with van der Waals surface area (Å²) in [6, 6.07) is 14.6. The molecule has 0 radical (unpaired) electrons. The highest BCUT2D eigenvalue weighted by atomic mass is 79.9. The quantitative estimate of drug-likeness (QED) is 0.685. The van der Waals surface area contributed by atoms with Gasteiger partial charge < -0.3 is 15.5 Å². The molecule has 2 saturated carbocycles. The number of hydrogen-bond donors (Lipinski definition) is 2. The van der Waals surface area contributed by atoms with Crippen molar-refractivity contribution in [1.82, 2.24) is 15.5 Å². The van der Waals surface area contributed by atoms with Crippen LogP contribution in [-0.2, 0) is 15.1 Å². The molecule has 6 nitrogen and oxygen atoms in total. The predicted octanol–water partition coefficient (Wildman–Crippen LogP) is 3.03. The first-order chi connectivity index (χ1) is 14.5. The van der Waals surface area contributed by atoms with Gasteiger partial charge >= 0.3 is 0 Å². The molecule has 5 rings (SSSR count). The highest BCUT2D eigenvalue weighted by molar-refractivity contribution is 9.10. The molecule has 2 N–H and O–H groups in total. The second-order valence-electron chi connectivity index (χ2n) is 8.29. The highest BCUT2D eigenvalue weighted by Gasteiger charge is 2.48. The van der Waals surface area contributed by atoms with E-state index in [4.69, 9.17) is 0 Å². The summed E-state index contributed by atoms with van der Waals surface area (Å²) in [6.07, 6.45) is 3.60. The Labute approximate surface area is 183 Å². The third-order valence-corrected chi connectivity index (χ3v) is 6.66. The van der Waals surface area contributed by atoms with Gasteiger partial charge in [0.25, 0.3) is 5.91 Å². The summed E-state index contributed by atoms with van der Waals surface area (Å²) in [5.74, 6) is -0.618. The van der Waals surface area contributed by atoms with Crippen LogP contribution in [0, 0.1) is 0 Å². The average molecular weight is 468 g/mol. The molecule has 1 heterocycles. The van der Waals surface area contributed by atoms with Crippen LogP contribution in [-0.4, -0.2) is 35.2 Å². The van der Waals surface area contributed by atoms with E-state index < -0.39 is 6.04 Å². The van der Waals surface area contributed by atoms with E-state index in [-0.39, 0.29) is 35.8 Å². The minimum absolute atomic E-state index is 0.0927. The number of carbonyl (C=O) groups is 3. The van der Waals surface area contributed by atoms with Crippen LogP contribution >= 0.6 is 15.9 Å². The molecule has 1 unspecified atom stereocenters. The Morgan fingerprint density at radius 2 is 1.77 bits per heavy atom. The number of halogens is 1. The summed E-state index contributed by atoms with van der Waals surface area (Å²) in [7, 11) is 0. The zero-order chi connectivity index (χ0) is 20.9. The van der Waals surface area contributed by atoms with E-state index in [2.05, 4.69) is 26.6 Å². The van der Waals surface area contributed by atoms with Crippen LogP contribution in [0.3, 0.4) is 0 Å². The third-order valence-electron chi connectivity index (χ3n) is 6.14. The van der Waals surface area contributed by atoms with Crippen molar-refractivity contribution in [2.75, 3.05) is 6.54 Å². The van der Waals surface area contributed by atoms with Gasteiger partial charge in [0.2, 0.25) is 11.8 Å². The molecule has 0 saturated heterocycles. The first-order valence-corrected chi connectivity index (χ1v) is 11.0. The van der Waals surface area contributed by atoms with Crippen LogP contribution < -0.4 is 10.6 Å². The molecule has 2 fully saturated rings. The second-order valence-corrected chi connectivity index (χ2v) is 9.20. The van der Waals surface area contributed by atoms with Crippen molar-refractivity contribution in [2.24, 2.45) is 0 Å². The Kier molecular flexibility index (Phi) is 4.65. The maximum Gasteiger partial charge on any atom is 0.255 e. The van der Waals surface area contributed by atoms with E-state index >= 15 is 0 Å². The van der Waals surface area contributed by atoms with Gasteiger partial charge in [0.05, 0.1) is 12.1 Å². The second kappa shape index (κ2) is 7.23. The highest BCUT2D eigenvalue weighted by Crippen LogP contribution is 2.45. The lowest BCUT2D eigenvalue weighted by molar-refractivity contribution is -0.129. The van der Waals surface area contributed by atoms with Crippen molar-refractivity contribution in [3.05, 3.63) is 69.7 Å². The monoisotopic (exact) mass is 467 g/mol. The first-order valence-electron chi connectivity index (χ1n) is 10.2. The number of nitrogens with one attached hydrogen (secondary N) is 2. The molecule has 1 aliphatic heterocycles. The van der Waals surface area contributed by atoms with Crippen molar-refractivity contribution < 1.29 is 14.4 Å². The molecule has 3 aliphatic rings. The standard InChI is InChI=1S/C23H22BrN3O3/c24-15-7-5-14(6-8-15)23(11-12-23)26-19(28)13-25-21(29)20-17-3-1-2-4-18(17)22(30)27(20)16-9-10-16/h1-8,16,20H,9-13H2,(H,25,29)(H,26,28). The van der Waals surface area contributed by atoms with Gasteiger partial charge in [-0.2, -0.15) is 0 Å². The number of rotatable bonds is 6. The Morgan fingerprint density at radius 1 is 1.07 bits per heavy atom. The Balaban J connectivity index is 1.25. The summed E-state index contributed by atoms with van der Waals surface area (Å²) in [5.41, 5.74) is 2.04. The smallest absolute Gasteiger partial charge is 0.255 e. The van der Waals surface area contributed by atoms with Crippen LogP contribution in [0.1, 0.15) is 53.2 Å². The SMILES string of the molecule is O=C(CNC(=O)C1c2ccccc2C(=O)N1C1CC1)NC1(c2ccc(Br)cc2)CC1. The summed E-state index contributed by atoms with van der Waals surface area (Å²) in [6.45, 7) is -0.109. The zero-order valence-electron chi connectivity index (χ0n) is 16.4. The maximum atomic E-state index is 13.0. The van der Waals surface area contributed by atoms with Crippen molar-refractivity contribution in [3.63, 3.8) is 0 Å². The topological polar surface area (TPSA) is 78.5 Å². The molecule has 2 aliphatic carbocycles. The van der Waals surface area contributed by atoms with Crippen LogP contribution in [0.15, 0.2) is 53.0 Å². The maximum absolute atomic E-state index is 13.0. The molecular formula is C23H22BrN3O3. The normalized spacial score (nSPS) is 21.2. The van der Waals surface area contributed by atoms with Gasteiger partial charge in [-0.1, -0.05) is 46.3 Å². The van der Waals surface area contributed by atoms with E-state index in [0.29, 0.717) is 5.56 Å². The van der Waals surface area contributed by atoms with Gasteiger partial charge in [-0.3, -0.25) is 14.4 Å². The Bertz CT molecular complexity index is 1030. The molecule has 0 aromatic heterocycles. The molecule has 7 heteroatoms. The lowest BCUT2D eigenvalue weighted by Crippen LogP contribution is -2.45. The first kappa shape index (κ1) is 19.3. The molecule has 154 valence electrons. The largest absolute Gasteiger partial charge is 0.345 e. The molecular weight excluding hydrogens is 446 g/mol. The average Bonchev–Trinajstić information content (AvgIpc) is 3.67. The van der Waals surface area contributed by atoms with Crippen molar-refractivity contribution in [2.45, 2.75) is 43.3 Å². The number of fused-ring (bicyclic) bond motifs is 1. The fourth-order valence-corrected chi connectivity index (χ4v) is 4.55. The van der Waals surface area contributed by atoms with Gasteiger partial charge in [0, 0.05) is 16.1 Å². The summed E-state index contributed by atoms with van der Waals surface area (Å²) in [4.78, 5) is 40.0. The van der Waals surface area contributed by atoms with Crippen molar-refractivity contribution in [3.8, 4) is 0 Å². The number of nitrogens with zero attached hydrogens (tertiary/aromatic N) is 1. The molecule has 2 aromatic carbocycles. The molecule has 1 atom stereocenters. The van der Waals surface area contributed by atoms with Gasteiger partial charge in [0.15, 0.2) is 0 Å².